The Morgan fingerprint density at radius 2 is 2.33 bits per heavy atom. The fourth-order valence-electron chi connectivity index (χ4n) is 0.437. The number of hydrogen-bond acceptors (Lipinski definition) is 2. The van der Waals surface area contributed by atoms with Gasteiger partial charge in [0.1, 0.15) is 0 Å². The van der Waals surface area contributed by atoms with Crippen LogP contribution in [0.3, 0.4) is 0 Å². The Labute approximate surface area is 56.4 Å². The zero-order chi connectivity index (χ0) is 7.28. The summed E-state index contributed by atoms with van der Waals surface area (Å²) in [6, 6.07) is 0. The van der Waals surface area contributed by atoms with Gasteiger partial charge in [-0.25, -0.2) is 0 Å². The van der Waals surface area contributed by atoms with E-state index in [4.69, 9.17) is 5.73 Å². The lowest BCUT2D eigenvalue weighted by Crippen LogP contribution is -2.05. The highest BCUT2D eigenvalue weighted by Crippen LogP contribution is 1.92. The second-order valence-electron chi connectivity index (χ2n) is 1.94. The van der Waals surface area contributed by atoms with Gasteiger partial charge in [-0.15, -0.1) is 0 Å². The van der Waals surface area contributed by atoms with Crippen molar-refractivity contribution in [2.24, 2.45) is 5.73 Å². The Bertz CT molecular complexity index is 125. The monoisotopic (exact) mass is 126 g/mol. The smallest absolute Gasteiger partial charge is 0.0172 e. The predicted molar refractivity (Wildman–Crippen MR) is 41.0 cm³/mol. The van der Waals surface area contributed by atoms with Crippen LogP contribution in [0, 0.1) is 0 Å². The summed E-state index contributed by atoms with van der Waals surface area (Å²) in [4.78, 5) is 0. The third-order valence-corrected chi connectivity index (χ3v) is 1.08. The molecule has 0 rings (SSSR count). The van der Waals surface area contributed by atoms with Crippen LogP contribution >= 0.6 is 0 Å². The molecule has 0 aliphatic rings. The molecule has 0 saturated heterocycles. The van der Waals surface area contributed by atoms with Crippen molar-refractivity contribution in [3.8, 4) is 0 Å². The molecule has 2 nitrogen and oxygen atoms in total. The van der Waals surface area contributed by atoms with Gasteiger partial charge in [0.05, 0.1) is 0 Å². The molecule has 0 unspecified atom stereocenters. The van der Waals surface area contributed by atoms with Crippen molar-refractivity contribution in [2.75, 3.05) is 13.6 Å². The van der Waals surface area contributed by atoms with Crippen LogP contribution in [0.4, 0.5) is 0 Å². The van der Waals surface area contributed by atoms with E-state index in [0.717, 1.165) is 11.3 Å². The SMILES string of the molecule is C=C(/C=C(/C)NC)CN. The van der Waals surface area contributed by atoms with Gasteiger partial charge in [0.25, 0.3) is 0 Å². The maximum absolute atomic E-state index is 5.30. The highest BCUT2D eigenvalue weighted by Gasteiger charge is 1.84. The molecule has 0 radical (unpaired) electrons. The Kier molecular flexibility index (Phi) is 3.80. The van der Waals surface area contributed by atoms with Crippen molar-refractivity contribution in [3.05, 3.63) is 23.9 Å². The molecule has 0 aromatic carbocycles. The van der Waals surface area contributed by atoms with E-state index in [2.05, 4.69) is 11.9 Å². The number of rotatable bonds is 3. The van der Waals surface area contributed by atoms with Gasteiger partial charge in [0.2, 0.25) is 0 Å². The van der Waals surface area contributed by atoms with Gasteiger partial charge in [0, 0.05) is 19.3 Å². The Morgan fingerprint density at radius 1 is 1.78 bits per heavy atom. The highest BCUT2D eigenvalue weighted by molar-refractivity contribution is 5.19. The third kappa shape index (κ3) is 3.79. The van der Waals surface area contributed by atoms with E-state index < -0.39 is 0 Å². The molecule has 0 atom stereocenters. The minimum Gasteiger partial charge on any atom is -0.392 e. The first-order chi connectivity index (χ1) is 4.20. The van der Waals surface area contributed by atoms with Crippen LogP contribution in [0.2, 0.25) is 0 Å². The molecular weight excluding hydrogens is 112 g/mol. The van der Waals surface area contributed by atoms with E-state index in [1.165, 1.54) is 0 Å². The van der Waals surface area contributed by atoms with E-state index in [9.17, 15) is 0 Å². The van der Waals surface area contributed by atoms with Crippen molar-refractivity contribution in [1.82, 2.24) is 5.32 Å². The average Bonchev–Trinajstić information content (AvgIpc) is 1.87. The number of nitrogens with one attached hydrogen (secondary N) is 1. The quantitative estimate of drug-likeness (QED) is 0.544. The fraction of sp³-hybridized carbons (Fsp3) is 0.429. The molecule has 9 heavy (non-hydrogen) atoms. The maximum Gasteiger partial charge on any atom is 0.0172 e. The molecule has 0 amide bonds. The highest BCUT2D eigenvalue weighted by atomic mass is 14.8. The van der Waals surface area contributed by atoms with E-state index in [1.54, 1.807) is 0 Å². The lowest BCUT2D eigenvalue weighted by molar-refractivity contribution is 0.982. The molecule has 0 aliphatic heterocycles. The van der Waals surface area contributed by atoms with Crippen molar-refractivity contribution < 1.29 is 0 Å². The van der Waals surface area contributed by atoms with Crippen molar-refractivity contribution in [2.45, 2.75) is 6.92 Å². The van der Waals surface area contributed by atoms with E-state index in [-0.39, 0.29) is 0 Å². The first-order valence-electron chi connectivity index (χ1n) is 2.94. The van der Waals surface area contributed by atoms with Crippen molar-refractivity contribution in [1.29, 1.82) is 0 Å². The minimum atomic E-state index is 0.527. The van der Waals surface area contributed by atoms with Crippen LogP contribution in [0.5, 0.6) is 0 Å². The summed E-state index contributed by atoms with van der Waals surface area (Å²) >= 11 is 0. The third-order valence-electron chi connectivity index (χ3n) is 1.08. The van der Waals surface area contributed by atoms with Crippen LogP contribution in [0.25, 0.3) is 0 Å². The van der Waals surface area contributed by atoms with Crippen LogP contribution in [0.1, 0.15) is 6.92 Å². The lowest BCUT2D eigenvalue weighted by Gasteiger charge is -1.98. The zero-order valence-corrected chi connectivity index (χ0v) is 6.07. The first kappa shape index (κ1) is 8.24. The van der Waals surface area contributed by atoms with Gasteiger partial charge in [-0.05, 0) is 18.6 Å². The van der Waals surface area contributed by atoms with Gasteiger partial charge in [-0.3, -0.25) is 0 Å². The van der Waals surface area contributed by atoms with Crippen molar-refractivity contribution in [3.63, 3.8) is 0 Å². The molecule has 0 bridgehead atoms. The van der Waals surface area contributed by atoms with Gasteiger partial charge >= 0.3 is 0 Å². The van der Waals surface area contributed by atoms with Gasteiger partial charge in [0.15, 0.2) is 0 Å². The topological polar surface area (TPSA) is 38.0 Å². The molecule has 0 heterocycles. The summed E-state index contributed by atoms with van der Waals surface area (Å²) in [5.41, 5.74) is 7.34. The summed E-state index contributed by atoms with van der Waals surface area (Å²) in [7, 11) is 1.87. The minimum absolute atomic E-state index is 0.527. The van der Waals surface area contributed by atoms with Crippen LogP contribution in [-0.4, -0.2) is 13.6 Å². The summed E-state index contributed by atoms with van der Waals surface area (Å²) in [5, 5.41) is 2.97. The van der Waals surface area contributed by atoms with Gasteiger partial charge < -0.3 is 11.1 Å². The summed E-state index contributed by atoms with van der Waals surface area (Å²) in [6.07, 6.45) is 1.93. The lowest BCUT2D eigenvalue weighted by atomic mass is 10.2. The van der Waals surface area contributed by atoms with Crippen molar-refractivity contribution >= 4 is 0 Å². The normalized spacial score (nSPS) is 11.2. The van der Waals surface area contributed by atoms with E-state index in [0.29, 0.717) is 6.54 Å². The molecule has 2 heteroatoms. The zero-order valence-electron chi connectivity index (χ0n) is 6.07. The van der Waals surface area contributed by atoms with Crippen LogP contribution < -0.4 is 11.1 Å². The molecule has 0 aliphatic carbocycles. The largest absolute Gasteiger partial charge is 0.392 e. The standard InChI is InChI=1S/C7H14N2/c1-6(5-8)4-7(2)9-3/h4,9H,1,5,8H2,2-3H3/b7-4-. The summed E-state index contributed by atoms with van der Waals surface area (Å²) in [6.45, 7) is 6.22. The van der Waals surface area contributed by atoms with Gasteiger partial charge in [-0.2, -0.15) is 0 Å². The molecule has 0 saturated carbocycles. The fourth-order valence-corrected chi connectivity index (χ4v) is 0.437. The van der Waals surface area contributed by atoms with E-state index in [1.807, 2.05) is 20.0 Å². The molecule has 0 aromatic rings. The average molecular weight is 126 g/mol. The number of allylic oxidation sites excluding steroid dienone is 1. The Hall–Kier alpha value is -0.760. The number of nitrogens with two attached hydrogens (primary N) is 1. The molecule has 0 spiro atoms. The van der Waals surface area contributed by atoms with E-state index >= 15 is 0 Å². The maximum atomic E-state index is 5.30. The van der Waals surface area contributed by atoms with Crippen LogP contribution in [-0.2, 0) is 0 Å². The molecule has 52 valence electrons. The Morgan fingerprint density at radius 3 is 2.67 bits per heavy atom. The summed E-state index contributed by atoms with van der Waals surface area (Å²) < 4.78 is 0. The second-order valence-corrected chi connectivity index (χ2v) is 1.94. The Balaban J connectivity index is 3.79. The van der Waals surface area contributed by atoms with Gasteiger partial charge in [-0.1, -0.05) is 6.58 Å². The molecular formula is C7H14N2. The molecule has 0 fully saturated rings. The summed E-state index contributed by atoms with van der Waals surface area (Å²) in [5.74, 6) is 0. The number of hydrogen-bond donors (Lipinski definition) is 2. The van der Waals surface area contributed by atoms with Crippen LogP contribution in [0.15, 0.2) is 23.9 Å². The first-order valence-corrected chi connectivity index (χ1v) is 2.94. The second kappa shape index (κ2) is 4.15. The predicted octanol–water partition coefficient (Wildman–Crippen LogP) is 0.625. The molecule has 0 aromatic heterocycles. The molecule has 3 N–H and O–H groups in total.